The lowest BCUT2D eigenvalue weighted by Gasteiger charge is -2.41. The van der Waals surface area contributed by atoms with Crippen molar-refractivity contribution in [3.63, 3.8) is 0 Å². The van der Waals surface area contributed by atoms with Gasteiger partial charge in [-0.05, 0) is 48.7 Å². The number of piperazine rings is 1. The SMILES string of the molecule is C[C@H]1CN(C2=Nc3ccc(C(F)(F)F)cc3Oc3ccccc32)CCN1C(=O)Cc1cccs1. The predicted octanol–water partition coefficient (Wildman–Crippen LogP) is 5.73. The summed E-state index contributed by atoms with van der Waals surface area (Å²) in [7, 11) is 0. The molecule has 1 amide bonds. The molecule has 0 bridgehead atoms. The lowest BCUT2D eigenvalue weighted by molar-refractivity contribution is -0.137. The standard InChI is InChI=1S/C25H22F3N3O2S/c1-16-15-30(10-11-31(16)23(32)14-18-5-4-12-34-18)24-19-6-2-3-7-21(19)33-22-13-17(25(26,27)28)8-9-20(22)29-24/h2-9,12-13,16H,10-11,14-15H2,1H3/t16-/m0/s1. The highest BCUT2D eigenvalue weighted by Gasteiger charge is 2.34. The van der Waals surface area contributed by atoms with Gasteiger partial charge in [-0.15, -0.1) is 11.3 Å². The molecular weight excluding hydrogens is 463 g/mol. The van der Waals surface area contributed by atoms with E-state index in [1.165, 1.54) is 6.07 Å². The monoisotopic (exact) mass is 485 g/mol. The van der Waals surface area contributed by atoms with Crippen LogP contribution in [0.15, 0.2) is 65.0 Å². The van der Waals surface area contributed by atoms with E-state index in [1.54, 1.807) is 23.5 Å². The van der Waals surface area contributed by atoms with Crippen molar-refractivity contribution in [2.24, 2.45) is 4.99 Å². The van der Waals surface area contributed by atoms with Gasteiger partial charge in [0.1, 0.15) is 17.3 Å². The highest BCUT2D eigenvalue weighted by molar-refractivity contribution is 7.10. The van der Waals surface area contributed by atoms with Crippen LogP contribution in [0.25, 0.3) is 0 Å². The Labute approximate surface area is 199 Å². The van der Waals surface area contributed by atoms with E-state index < -0.39 is 11.7 Å². The fourth-order valence-electron chi connectivity index (χ4n) is 4.32. The van der Waals surface area contributed by atoms with Crippen molar-refractivity contribution in [2.75, 3.05) is 19.6 Å². The summed E-state index contributed by atoms with van der Waals surface area (Å²) >= 11 is 1.57. The van der Waals surface area contributed by atoms with Crippen LogP contribution in [-0.4, -0.2) is 47.2 Å². The Morgan fingerprint density at radius 3 is 2.68 bits per heavy atom. The van der Waals surface area contributed by atoms with Gasteiger partial charge < -0.3 is 14.5 Å². The van der Waals surface area contributed by atoms with Crippen molar-refractivity contribution < 1.29 is 22.7 Å². The minimum atomic E-state index is -4.47. The lowest BCUT2D eigenvalue weighted by atomic mass is 10.1. The number of hydrogen-bond acceptors (Lipinski definition) is 5. The first-order chi connectivity index (χ1) is 16.3. The van der Waals surface area contributed by atoms with E-state index in [0.29, 0.717) is 48.9 Å². The number of amidine groups is 1. The molecule has 1 fully saturated rings. The van der Waals surface area contributed by atoms with Crippen molar-refractivity contribution in [3.8, 4) is 11.5 Å². The average Bonchev–Trinajstić information content (AvgIpc) is 3.24. The number of aliphatic imine (C=N–C) groups is 1. The number of alkyl halides is 3. The zero-order valence-corrected chi connectivity index (χ0v) is 19.2. The van der Waals surface area contributed by atoms with Crippen LogP contribution < -0.4 is 4.74 Å². The number of para-hydroxylation sites is 1. The summed E-state index contributed by atoms with van der Waals surface area (Å²) in [5.41, 5.74) is 0.259. The molecule has 0 N–H and O–H groups in total. The van der Waals surface area contributed by atoms with Gasteiger partial charge in [0.15, 0.2) is 5.75 Å². The summed E-state index contributed by atoms with van der Waals surface area (Å²) in [6.45, 7) is 3.65. The van der Waals surface area contributed by atoms with Crippen LogP contribution in [0.5, 0.6) is 11.5 Å². The van der Waals surface area contributed by atoms with Gasteiger partial charge in [-0.3, -0.25) is 4.79 Å². The molecule has 3 heterocycles. The van der Waals surface area contributed by atoms with E-state index in [-0.39, 0.29) is 17.7 Å². The van der Waals surface area contributed by atoms with E-state index in [0.717, 1.165) is 17.0 Å². The Morgan fingerprint density at radius 1 is 1.12 bits per heavy atom. The second-order valence-electron chi connectivity index (χ2n) is 8.35. The van der Waals surface area contributed by atoms with Crippen LogP contribution in [-0.2, 0) is 17.4 Å². The molecule has 9 heteroatoms. The quantitative estimate of drug-likeness (QED) is 0.466. The molecule has 1 saturated heterocycles. The van der Waals surface area contributed by atoms with Crippen LogP contribution in [0.3, 0.4) is 0 Å². The molecule has 2 aliphatic rings. The van der Waals surface area contributed by atoms with Crippen molar-refractivity contribution in [1.29, 1.82) is 0 Å². The molecule has 176 valence electrons. The largest absolute Gasteiger partial charge is 0.454 e. The molecule has 0 radical (unpaired) electrons. The smallest absolute Gasteiger partial charge is 0.416 e. The summed E-state index contributed by atoms with van der Waals surface area (Å²) in [5, 5.41) is 1.96. The summed E-state index contributed by atoms with van der Waals surface area (Å²) < 4.78 is 45.7. The lowest BCUT2D eigenvalue weighted by Crippen LogP contribution is -2.55. The minimum Gasteiger partial charge on any atom is -0.454 e. The molecule has 0 unspecified atom stereocenters. The summed E-state index contributed by atoms with van der Waals surface area (Å²) in [6.07, 6.45) is -4.09. The van der Waals surface area contributed by atoms with Crippen LogP contribution in [0, 0.1) is 0 Å². The fraction of sp³-hybridized carbons (Fsp3) is 0.280. The number of hydrogen-bond donors (Lipinski definition) is 0. The second kappa shape index (κ2) is 8.79. The summed E-state index contributed by atoms with van der Waals surface area (Å²) in [4.78, 5) is 22.6. The number of halogens is 3. The third kappa shape index (κ3) is 4.40. The van der Waals surface area contributed by atoms with Gasteiger partial charge in [-0.1, -0.05) is 18.2 Å². The van der Waals surface area contributed by atoms with Crippen LogP contribution in [0.2, 0.25) is 0 Å². The molecule has 2 aromatic carbocycles. The van der Waals surface area contributed by atoms with Gasteiger partial charge in [0.2, 0.25) is 5.91 Å². The van der Waals surface area contributed by atoms with Crippen LogP contribution in [0.4, 0.5) is 18.9 Å². The number of carbonyl (C=O) groups excluding carboxylic acids is 1. The first-order valence-corrected chi connectivity index (χ1v) is 11.8. The van der Waals surface area contributed by atoms with Gasteiger partial charge >= 0.3 is 6.18 Å². The summed E-state index contributed by atoms with van der Waals surface area (Å²) in [5.74, 6) is 1.23. The van der Waals surface area contributed by atoms with E-state index >= 15 is 0 Å². The van der Waals surface area contributed by atoms with Crippen molar-refractivity contribution in [2.45, 2.75) is 25.6 Å². The molecule has 2 aliphatic heterocycles. The highest BCUT2D eigenvalue weighted by Crippen LogP contribution is 2.42. The maximum absolute atomic E-state index is 13.3. The van der Waals surface area contributed by atoms with Gasteiger partial charge in [0.05, 0.1) is 17.5 Å². The molecule has 1 aromatic heterocycles. The van der Waals surface area contributed by atoms with E-state index in [1.807, 2.05) is 41.5 Å². The second-order valence-corrected chi connectivity index (χ2v) is 9.38. The van der Waals surface area contributed by atoms with Gasteiger partial charge in [0.25, 0.3) is 0 Å². The molecule has 5 rings (SSSR count). The van der Waals surface area contributed by atoms with Crippen LogP contribution >= 0.6 is 11.3 Å². The van der Waals surface area contributed by atoms with E-state index in [2.05, 4.69) is 4.90 Å². The Hall–Kier alpha value is -3.33. The Balaban J connectivity index is 1.43. The maximum Gasteiger partial charge on any atom is 0.416 e. The first-order valence-electron chi connectivity index (χ1n) is 10.9. The number of benzene rings is 2. The third-order valence-corrected chi connectivity index (χ3v) is 6.89. The molecule has 0 aliphatic carbocycles. The number of nitrogens with zero attached hydrogens (tertiary/aromatic N) is 3. The molecular formula is C25H22F3N3O2S. The zero-order chi connectivity index (χ0) is 23.9. The maximum atomic E-state index is 13.3. The van der Waals surface area contributed by atoms with Crippen molar-refractivity contribution in [1.82, 2.24) is 9.80 Å². The van der Waals surface area contributed by atoms with Crippen molar-refractivity contribution >= 4 is 28.8 Å². The molecule has 3 aromatic rings. The highest BCUT2D eigenvalue weighted by atomic mass is 32.1. The van der Waals surface area contributed by atoms with Gasteiger partial charge in [-0.25, -0.2) is 4.99 Å². The first kappa shape index (κ1) is 22.5. The van der Waals surface area contributed by atoms with Gasteiger partial charge in [0, 0.05) is 30.6 Å². The van der Waals surface area contributed by atoms with E-state index in [9.17, 15) is 18.0 Å². The molecule has 34 heavy (non-hydrogen) atoms. The topological polar surface area (TPSA) is 45.1 Å². The third-order valence-electron chi connectivity index (χ3n) is 6.01. The molecule has 0 saturated carbocycles. The zero-order valence-electron chi connectivity index (χ0n) is 18.4. The van der Waals surface area contributed by atoms with Crippen molar-refractivity contribution in [3.05, 3.63) is 76.0 Å². The molecule has 0 spiro atoms. The molecule has 5 nitrogen and oxygen atoms in total. The average molecular weight is 486 g/mol. The summed E-state index contributed by atoms with van der Waals surface area (Å²) in [6, 6.07) is 14.4. The Morgan fingerprint density at radius 2 is 1.94 bits per heavy atom. The number of amides is 1. The fourth-order valence-corrected chi connectivity index (χ4v) is 5.02. The number of fused-ring (bicyclic) bond motifs is 2. The number of rotatable bonds is 2. The molecule has 1 atom stereocenters. The number of carbonyl (C=O) groups is 1. The van der Waals surface area contributed by atoms with Crippen LogP contribution in [0.1, 0.15) is 22.9 Å². The Kier molecular flexibility index (Phi) is 5.81. The van der Waals surface area contributed by atoms with E-state index in [4.69, 9.17) is 9.73 Å². The Bertz CT molecular complexity index is 1240. The normalized spacial score (nSPS) is 17.9. The number of thiophene rings is 1. The number of ether oxygens (including phenoxy) is 1. The van der Waals surface area contributed by atoms with Gasteiger partial charge in [-0.2, -0.15) is 13.2 Å². The predicted molar refractivity (Wildman–Crippen MR) is 125 cm³/mol. The minimum absolute atomic E-state index is 0.0488.